The largest absolute Gasteiger partial charge is 0.476 e. The van der Waals surface area contributed by atoms with Gasteiger partial charge in [-0.2, -0.15) is 5.10 Å². The van der Waals surface area contributed by atoms with Crippen molar-refractivity contribution in [1.29, 1.82) is 0 Å². The minimum absolute atomic E-state index is 0.0693. The summed E-state index contributed by atoms with van der Waals surface area (Å²) in [5, 5.41) is 14.6. The van der Waals surface area contributed by atoms with Crippen LogP contribution in [0.4, 0.5) is 0 Å². The van der Waals surface area contributed by atoms with Crippen LogP contribution < -0.4 is 4.72 Å². The van der Waals surface area contributed by atoms with Crippen LogP contribution >= 0.6 is 0 Å². The number of H-pyrrole nitrogens is 1. The predicted molar refractivity (Wildman–Crippen MR) is 62.0 cm³/mol. The average molecular weight is 277 g/mol. The predicted octanol–water partition coefficient (Wildman–Crippen LogP) is -0.269. The molecule has 1 aromatic heterocycles. The Labute approximate surface area is 104 Å². The summed E-state index contributed by atoms with van der Waals surface area (Å²) in [4.78, 5) is 10.5. The first-order valence-corrected chi connectivity index (χ1v) is 6.74. The first-order valence-electron chi connectivity index (χ1n) is 5.25. The molecule has 0 fully saturated rings. The number of sulfonamides is 1. The van der Waals surface area contributed by atoms with Gasteiger partial charge in [0.1, 0.15) is 4.90 Å². The molecule has 8 nitrogen and oxygen atoms in total. The van der Waals surface area contributed by atoms with E-state index in [1.807, 2.05) is 0 Å². The molecule has 0 aromatic carbocycles. The molecule has 0 atom stereocenters. The number of carbonyl (C=O) groups is 1. The van der Waals surface area contributed by atoms with Gasteiger partial charge in [-0.05, 0) is 13.8 Å². The number of rotatable bonds is 7. The van der Waals surface area contributed by atoms with Crippen LogP contribution in [-0.2, 0) is 14.8 Å². The molecular formula is C9H15N3O5S. The summed E-state index contributed by atoms with van der Waals surface area (Å²) >= 11 is 0. The summed E-state index contributed by atoms with van der Waals surface area (Å²) in [7, 11) is -3.91. The Hall–Kier alpha value is -1.45. The van der Waals surface area contributed by atoms with E-state index < -0.39 is 21.7 Å². The highest BCUT2D eigenvalue weighted by Crippen LogP contribution is 2.17. The van der Waals surface area contributed by atoms with Gasteiger partial charge < -0.3 is 9.84 Å². The van der Waals surface area contributed by atoms with Gasteiger partial charge in [0.05, 0.1) is 12.3 Å². The Morgan fingerprint density at radius 3 is 2.78 bits per heavy atom. The van der Waals surface area contributed by atoms with Crippen molar-refractivity contribution in [1.82, 2.24) is 14.9 Å². The molecule has 0 aliphatic rings. The van der Waals surface area contributed by atoms with Crippen molar-refractivity contribution < 1.29 is 23.1 Å². The summed E-state index contributed by atoms with van der Waals surface area (Å²) in [6, 6.07) is 0. The van der Waals surface area contributed by atoms with Crippen molar-refractivity contribution >= 4 is 16.0 Å². The number of hydrogen-bond acceptors (Lipinski definition) is 5. The van der Waals surface area contributed by atoms with Crippen LogP contribution in [0.2, 0.25) is 0 Å². The Morgan fingerprint density at radius 2 is 2.22 bits per heavy atom. The lowest BCUT2D eigenvalue weighted by atomic mass is 10.4. The van der Waals surface area contributed by atoms with Gasteiger partial charge in [0, 0.05) is 13.2 Å². The van der Waals surface area contributed by atoms with E-state index in [0.717, 1.165) is 0 Å². The van der Waals surface area contributed by atoms with Gasteiger partial charge in [-0.15, -0.1) is 0 Å². The molecule has 3 N–H and O–H groups in total. The zero-order valence-electron chi connectivity index (χ0n) is 10.1. The molecule has 1 aromatic rings. The fraction of sp³-hybridized carbons (Fsp3) is 0.556. The molecular weight excluding hydrogens is 262 g/mol. The first-order chi connectivity index (χ1) is 8.40. The summed E-state index contributed by atoms with van der Waals surface area (Å²) in [5.74, 6) is -1.40. The van der Waals surface area contributed by atoms with Crippen molar-refractivity contribution in [3.63, 3.8) is 0 Å². The number of aromatic carboxylic acids is 1. The maximum absolute atomic E-state index is 11.9. The smallest absolute Gasteiger partial charge is 0.357 e. The van der Waals surface area contributed by atoms with Crippen LogP contribution in [0.15, 0.2) is 4.90 Å². The van der Waals surface area contributed by atoms with Crippen LogP contribution in [0.3, 0.4) is 0 Å². The van der Waals surface area contributed by atoms with Gasteiger partial charge in [0.2, 0.25) is 10.0 Å². The quantitative estimate of drug-likeness (QED) is 0.590. The van der Waals surface area contributed by atoms with E-state index in [4.69, 9.17) is 9.84 Å². The molecule has 102 valence electrons. The molecule has 0 radical (unpaired) electrons. The van der Waals surface area contributed by atoms with Crippen LogP contribution in [0.25, 0.3) is 0 Å². The minimum atomic E-state index is -3.91. The van der Waals surface area contributed by atoms with Gasteiger partial charge in [0.25, 0.3) is 0 Å². The third kappa shape index (κ3) is 3.28. The van der Waals surface area contributed by atoms with E-state index in [2.05, 4.69) is 14.9 Å². The number of nitrogens with one attached hydrogen (secondary N) is 2. The van der Waals surface area contributed by atoms with Gasteiger partial charge >= 0.3 is 5.97 Å². The lowest BCUT2D eigenvalue weighted by molar-refractivity contribution is 0.0686. The molecule has 0 aliphatic heterocycles. The van der Waals surface area contributed by atoms with Gasteiger partial charge in [-0.25, -0.2) is 17.9 Å². The maximum atomic E-state index is 11.9. The van der Waals surface area contributed by atoms with Crippen molar-refractivity contribution in [2.24, 2.45) is 0 Å². The molecule has 0 saturated heterocycles. The second kappa shape index (κ2) is 5.94. The zero-order chi connectivity index (χ0) is 13.8. The monoisotopic (exact) mass is 277 g/mol. The number of carboxylic acids is 1. The summed E-state index contributed by atoms with van der Waals surface area (Å²) in [6.45, 7) is 4.00. The number of hydrogen-bond donors (Lipinski definition) is 3. The highest BCUT2D eigenvalue weighted by atomic mass is 32.2. The topological polar surface area (TPSA) is 121 Å². The number of nitrogens with zero attached hydrogens (tertiary/aromatic N) is 1. The second-order valence-corrected chi connectivity index (χ2v) is 5.13. The number of aromatic nitrogens is 2. The third-order valence-corrected chi connectivity index (χ3v) is 3.73. The van der Waals surface area contributed by atoms with Gasteiger partial charge in [-0.1, -0.05) is 0 Å². The molecule has 18 heavy (non-hydrogen) atoms. The zero-order valence-corrected chi connectivity index (χ0v) is 10.9. The standard InChI is InChI=1S/C9H15N3O5S/c1-3-17-5-4-10-18(15,16)8-6(2)11-12-7(8)9(13)14/h10H,3-5H2,1-2H3,(H,11,12)(H,13,14). The molecule has 1 rings (SSSR count). The average Bonchev–Trinajstić information content (AvgIpc) is 2.67. The van der Waals surface area contributed by atoms with E-state index in [0.29, 0.717) is 6.61 Å². The molecule has 0 aliphatic carbocycles. The molecule has 0 saturated carbocycles. The fourth-order valence-corrected chi connectivity index (χ4v) is 2.69. The molecule has 0 spiro atoms. The summed E-state index contributed by atoms with van der Waals surface area (Å²) in [6.07, 6.45) is 0. The number of aryl methyl sites for hydroxylation is 1. The van der Waals surface area contributed by atoms with Crippen LogP contribution in [-0.4, -0.2) is 49.4 Å². The van der Waals surface area contributed by atoms with Crippen molar-refractivity contribution in [3.05, 3.63) is 11.4 Å². The van der Waals surface area contributed by atoms with E-state index in [9.17, 15) is 13.2 Å². The second-order valence-electron chi connectivity index (χ2n) is 3.43. The van der Waals surface area contributed by atoms with Crippen LogP contribution in [0.5, 0.6) is 0 Å². The molecule has 9 heteroatoms. The van der Waals surface area contributed by atoms with Crippen LogP contribution in [0.1, 0.15) is 23.1 Å². The molecule has 0 amide bonds. The van der Waals surface area contributed by atoms with E-state index in [-0.39, 0.29) is 23.7 Å². The van der Waals surface area contributed by atoms with Crippen molar-refractivity contribution in [2.75, 3.05) is 19.8 Å². The molecule has 0 bridgehead atoms. The highest BCUT2D eigenvalue weighted by molar-refractivity contribution is 7.89. The van der Waals surface area contributed by atoms with Crippen molar-refractivity contribution in [2.45, 2.75) is 18.7 Å². The lowest BCUT2D eigenvalue weighted by Gasteiger charge is -2.06. The Kier molecular flexibility index (Phi) is 4.82. The lowest BCUT2D eigenvalue weighted by Crippen LogP contribution is -2.29. The van der Waals surface area contributed by atoms with Crippen LogP contribution in [0, 0.1) is 6.92 Å². The van der Waals surface area contributed by atoms with E-state index in [1.165, 1.54) is 6.92 Å². The highest BCUT2D eigenvalue weighted by Gasteiger charge is 2.27. The Morgan fingerprint density at radius 1 is 1.56 bits per heavy atom. The fourth-order valence-electron chi connectivity index (χ4n) is 1.36. The molecule has 0 unspecified atom stereocenters. The maximum Gasteiger partial charge on any atom is 0.357 e. The Balaban J connectivity index is 2.91. The van der Waals surface area contributed by atoms with E-state index in [1.54, 1.807) is 6.92 Å². The molecule has 1 heterocycles. The number of aromatic amines is 1. The van der Waals surface area contributed by atoms with Crippen molar-refractivity contribution in [3.8, 4) is 0 Å². The van der Waals surface area contributed by atoms with Gasteiger partial charge in [0.15, 0.2) is 5.69 Å². The number of ether oxygens (including phenoxy) is 1. The van der Waals surface area contributed by atoms with E-state index >= 15 is 0 Å². The first kappa shape index (κ1) is 14.6. The summed E-state index contributed by atoms with van der Waals surface area (Å²) in [5.41, 5.74) is -0.340. The normalized spacial score (nSPS) is 11.7. The third-order valence-electron chi connectivity index (χ3n) is 2.10. The SMILES string of the molecule is CCOCCNS(=O)(=O)c1c(C(=O)O)n[nH]c1C. The number of carboxylic acid groups (broad SMARTS) is 1. The summed E-state index contributed by atoms with van der Waals surface area (Å²) < 4.78 is 31.1. The minimum Gasteiger partial charge on any atom is -0.476 e. The Bertz CT molecular complexity index is 522. The van der Waals surface area contributed by atoms with Gasteiger partial charge in [-0.3, -0.25) is 5.10 Å².